The molecule has 0 aliphatic heterocycles. The highest BCUT2D eigenvalue weighted by Crippen LogP contribution is 2.11. The topological polar surface area (TPSA) is 68.2 Å². The highest BCUT2D eigenvalue weighted by Gasteiger charge is 2.03. The summed E-state index contributed by atoms with van der Waals surface area (Å²) in [4.78, 5) is 4.43. The second-order valence-electron chi connectivity index (χ2n) is 5.13. The molecule has 1 aromatic heterocycles. The maximum atomic E-state index is 5.91. The molecular weight excluding hydrogens is 262 g/mol. The molecule has 1 unspecified atom stereocenters. The van der Waals surface area contributed by atoms with Crippen LogP contribution in [0.15, 0.2) is 47.7 Å². The maximum absolute atomic E-state index is 5.91. The Morgan fingerprint density at radius 2 is 2.10 bits per heavy atom. The smallest absolute Gasteiger partial charge is 0.189 e. The van der Waals surface area contributed by atoms with Gasteiger partial charge in [-0.25, -0.2) is 4.99 Å². The van der Waals surface area contributed by atoms with Gasteiger partial charge in [-0.05, 0) is 30.5 Å². The lowest BCUT2D eigenvalue weighted by Gasteiger charge is -2.12. The van der Waals surface area contributed by atoms with Crippen LogP contribution >= 0.6 is 0 Å². The van der Waals surface area contributed by atoms with Gasteiger partial charge in [0.25, 0.3) is 0 Å². The first kappa shape index (κ1) is 15.1. The van der Waals surface area contributed by atoms with Crippen molar-refractivity contribution in [1.29, 1.82) is 0 Å². The molecule has 0 bridgehead atoms. The van der Waals surface area contributed by atoms with Crippen LogP contribution in [-0.4, -0.2) is 21.8 Å². The van der Waals surface area contributed by atoms with Crippen molar-refractivity contribution in [1.82, 2.24) is 15.1 Å². The second kappa shape index (κ2) is 7.47. The molecule has 0 saturated heterocycles. The van der Waals surface area contributed by atoms with E-state index in [2.05, 4.69) is 41.4 Å². The average molecular weight is 285 g/mol. The molecule has 2 aromatic rings. The van der Waals surface area contributed by atoms with E-state index in [0.29, 0.717) is 18.5 Å². The Labute approximate surface area is 125 Å². The zero-order chi connectivity index (χ0) is 15.1. The number of guanidine groups is 1. The van der Waals surface area contributed by atoms with E-state index in [1.165, 1.54) is 11.1 Å². The number of hydrogen-bond acceptors (Lipinski definition) is 2. The van der Waals surface area contributed by atoms with Gasteiger partial charge in [-0.15, -0.1) is 0 Å². The number of nitrogens with one attached hydrogen (secondary N) is 1. The fourth-order valence-electron chi connectivity index (χ4n) is 2.01. The number of aromatic nitrogens is 2. The van der Waals surface area contributed by atoms with Gasteiger partial charge in [-0.2, -0.15) is 5.10 Å². The van der Waals surface area contributed by atoms with E-state index in [-0.39, 0.29) is 0 Å². The summed E-state index contributed by atoms with van der Waals surface area (Å²) in [6.07, 6.45) is 4.76. The monoisotopic (exact) mass is 285 g/mol. The van der Waals surface area contributed by atoms with Crippen LogP contribution in [0.25, 0.3) is 0 Å². The normalized spacial score (nSPS) is 13.1. The van der Waals surface area contributed by atoms with Crippen LogP contribution in [0, 0.1) is 0 Å². The van der Waals surface area contributed by atoms with Crippen LogP contribution in [-0.2, 0) is 13.1 Å². The quantitative estimate of drug-likeness (QED) is 0.631. The molecule has 1 aromatic carbocycles. The molecule has 1 atom stereocenters. The summed E-state index contributed by atoms with van der Waals surface area (Å²) in [5, 5.41) is 7.42. The predicted octanol–water partition coefficient (Wildman–Crippen LogP) is 2.13. The molecule has 0 fully saturated rings. The Hall–Kier alpha value is -2.30. The Bertz CT molecular complexity index is 574. The molecule has 3 N–H and O–H groups in total. The zero-order valence-electron chi connectivity index (χ0n) is 12.7. The van der Waals surface area contributed by atoms with Crippen molar-refractivity contribution in [3.8, 4) is 0 Å². The average Bonchev–Trinajstić information content (AvgIpc) is 2.99. The Morgan fingerprint density at radius 3 is 2.76 bits per heavy atom. The fourth-order valence-corrected chi connectivity index (χ4v) is 2.01. The predicted molar refractivity (Wildman–Crippen MR) is 86.0 cm³/mol. The number of rotatable bonds is 6. The molecule has 0 aliphatic carbocycles. The molecule has 5 nitrogen and oxygen atoms in total. The van der Waals surface area contributed by atoms with Crippen molar-refractivity contribution >= 4 is 5.96 Å². The third-order valence-electron chi connectivity index (χ3n) is 3.44. The van der Waals surface area contributed by atoms with E-state index in [1.54, 1.807) is 6.20 Å². The minimum absolute atomic E-state index is 0.341. The standard InChI is InChI=1S/C16H23N5/c1-3-13(2)20-16(17)18-11-14-7-4-5-8-15(14)12-21-10-6-9-19-21/h4-10,13H,3,11-12H2,1-2H3,(H3,17,18,20). The molecule has 0 spiro atoms. The second-order valence-corrected chi connectivity index (χ2v) is 5.13. The minimum atomic E-state index is 0.341. The first-order valence-electron chi connectivity index (χ1n) is 7.29. The van der Waals surface area contributed by atoms with Crippen LogP contribution in [0.3, 0.4) is 0 Å². The first-order valence-corrected chi connectivity index (χ1v) is 7.29. The zero-order valence-corrected chi connectivity index (χ0v) is 12.7. The van der Waals surface area contributed by atoms with Gasteiger partial charge in [-0.1, -0.05) is 31.2 Å². The van der Waals surface area contributed by atoms with Gasteiger partial charge in [-0.3, -0.25) is 4.68 Å². The third-order valence-corrected chi connectivity index (χ3v) is 3.44. The van der Waals surface area contributed by atoms with Gasteiger partial charge in [0.1, 0.15) is 0 Å². The summed E-state index contributed by atoms with van der Waals surface area (Å²) < 4.78 is 1.91. The summed E-state index contributed by atoms with van der Waals surface area (Å²) in [5.74, 6) is 0.498. The van der Waals surface area contributed by atoms with Crippen LogP contribution < -0.4 is 11.1 Å². The number of benzene rings is 1. The summed E-state index contributed by atoms with van der Waals surface area (Å²) in [6.45, 7) is 5.53. The van der Waals surface area contributed by atoms with Crippen molar-refractivity contribution in [3.05, 3.63) is 53.9 Å². The number of nitrogens with two attached hydrogens (primary N) is 1. The van der Waals surface area contributed by atoms with E-state index in [0.717, 1.165) is 13.0 Å². The number of aliphatic imine (C=N–C) groups is 1. The molecule has 21 heavy (non-hydrogen) atoms. The highest BCUT2D eigenvalue weighted by atomic mass is 15.3. The Kier molecular flexibility index (Phi) is 5.37. The largest absolute Gasteiger partial charge is 0.370 e. The summed E-state index contributed by atoms with van der Waals surface area (Å²) in [7, 11) is 0. The maximum Gasteiger partial charge on any atom is 0.189 e. The molecule has 0 radical (unpaired) electrons. The Balaban J connectivity index is 2.04. The van der Waals surface area contributed by atoms with E-state index in [9.17, 15) is 0 Å². The van der Waals surface area contributed by atoms with Crippen molar-refractivity contribution in [2.75, 3.05) is 0 Å². The van der Waals surface area contributed by atoms with Gasteiger partial charge in [0, 0.05) is 18.4 Å². The van der Waals surface area contributed by atoms with Crippen LogP contribution in [0.5, 0.6) is 0 Å². The molecule has 0 saturated carbocycles. The van der Waals surface area contributed by atoms with Crippen LogP contribution in [0.4, 0.5) is 0 Å². The van der Waals surface area contributed by atoms with Gasteiger partial charge in [0.15, 0.2) is 5.96 Å². The minimum Gasteiger partial charge on any atom is -0.370 e. The van der Waals surface area contributed by atoms with Gasteiger partial charge in [0.05, 0.1) is 13.1 Å². The molecule has 5 heteroatoms. The molecule has 112 valence electrons. The van der Waals surface area contributed by atoms with Crippen LogP contribution in [0.2, 0.25) is 0 Å². The summed E-state index contributed by atoms with van der Waals surface area (Å²) in [6, 6.07) is 10.5. The molecule has 0 aliphatic rings. The highest BCUT2D eigenvalue weighted by molar-refractivity contribution is 5.78. The molecule has 2 rings (SSSR count). The van der Waals surface area contributed by atoms with Crippen molar-refractivity contribution in [2.45, 2.75) is 39.4 Å². The number of nitrogens with zero attached hydrogens (tertiary/aromatic N) is 3. The van der Waals surface area contributed by atoms with Gasteiger partial charge in [0.2, 0.25) is 0 Å². The van der Waals surface area contributed by atoms with Gasteiger partial charge < -0.3 is 11.1 Å². The lowest BCUT2D eigenvalue weighted by molar-refractivity contribution is 0.636. The van der Waals surface area contributed by atoms with Crippen LogP contribution in [0.1, 0.15) is 31.4 Å². The van der Waals surface area contributed by atoms with E-state index in [1.807, 2.05) is 29.1 Å². The molecule has 1 heterocycles. The third kappa shape index (κ3) is 4.63. The van der Waals surface area contributed by atoms with Crippen molar-refractivity contribution in [2.24, 2.45) is 10.7 Å². The fraction of sp³-hybridized carbons (Fsp3) is 0.375. The van der Waals surface area contributed by atoms with E-state index in [4.69, 9.17) is 5.73 Å². The van der Waals surface area contributed by atoms with Crippen molar-refractivity contribution < 1.29 is 0 Å². The lowest BCUT2D eigenvalue weighted by Crippen LogP contribution is -2.38. The molecular formula is C16H23N5. The summed E-state index contributed by atoms with van der Waals surface area (Å²) >= 11 is 0. The molecule has 0 amide bonds. The van der Waals surface area contributed by atoms with E-state index < -0.39 is 0 Å². The Morgan fingerprint density at radius 1 is 1.33 bits per heavy atom. The SMILES string of the molecule is CCC(C)NC(N)=NCc1ccccc1Cn1cccn1. The lowest BCUT2D eigenvalue weighted by atomic mass is 10.1. The summed E-state index contributed by atoms with van der Waals surface area (Å²) in [5.41, 5.74) is 8.28. The number of hydrogen-bond donors (Lipinski definition) is 2. The van der Waals surface area contributed by atoms with Gasteiger partial charge >= 0.3 is 0 Å². The van der Waals surface area contributed by atoms with E-state index >= 15 is 0 Å². The van der Waals surface area contributed by atoms with Crippen molar-refractivity contribution in [3.63, 3.8) is 0 Å². The first-order chi connectivity index (χ1) is 10.2.